The van der Waals surface area contributed by atoms with Crippen molar-refractivity contribution >= 4 is 5.97 Å². The highest BCUT2D eigenvalue weighted by Crippen LogP contribution is 2.34. The van der Waals surface area contributed by atoms with Crippen molar-refractivity contribution in [3.8, 4) is 0 Å². The number of aromatic nitrogens is 2. The van der Waals surface area contributed by atoms with E-state index in [9.17, 15) is 4.79 Å². The van der Waals surface area contributed by atoms with E-state index in [1.807, 2.05) is 12.4 Å². The van der Waals surface area contributed by atoms with Gasteiger partial charge in [-0.2, -0.15) is 0 Å². The number of aryl methyl sites for hydroxylation is 1. The first-order chi connectivity index (χ1) is 9.20. The Morgan fingerprint density at radius 1 is 1.26 bits per heavy atom. The zero-order valence-electron chi connectivity index (χ0n) is 11.5. The standard InChI is InChI=1S/C15H22N2O2/c1-2-3-4-11-9-16-14(17-10-11)12-5-7-13(8-6-12)15(18)19/h9-10,12-13H,2-8H2,1H3,(H,18,19). The molecule has 1 fully saturated rings. The number of carbonyl (C=O) groups is 1. The van der Waals surface area contributed by atoms with Gasteiger partial charge in [0.2, 0.25) is 0 Å². The molecule has 0 bridgehead atoms. The van der Waals surface area contributed by atoms with Gasteiger partial charge in [-0.15, -0.1) is 0 Å². The molecular formula is C15H22N2O2. The third-order valence-electron chi connectivity index (χ3n) is 3.99. The topological polar surface area (TPSA) is 63.1 Å². The minimum atomic E-state index is -0.658. The van der Waals surface area contributed by atoms with Crippen molar-refractivity contribution in [1.29, 1.82) is 0 Å². The first-order valence-electron chi connectivity index (χ1n) is 7.24. The summed E-state index contributed by atoms with van der Waals surface area (Å²) < 4.78 is 0. The van der Waals surface area contributed by atoms with Crippen LogP contribution in [0, 0.1) is 5.92 Å². The Hall–Kier alpha value is -1.45. The molecule has 0 atom stereocenters. The average Bonchev–Trinajstić information content (AvgIpc) is 2.46. The highest BCUT2D eigenvalue weighted by molar-refractivity contribution is 5.70. The number of nitrogens with zero attached hydrogens (tertiary/aromatic N) is 2. The fourth-order valence-electron chi connectivity index (χ4n) is 2.68. The van der Waals surface area contributed by atoms with Gasteiger partial charge in [0.25, 0.3) is 0 Å². The van der Waals surface area contributed by atoms with Crippen LogP contribution < -0.4 is 0 Å². The molecule has 0 aromatic carbocycles. The molecule has 1 aromatic heterocycles. The molecule has 2 rings (SSSR count). The van der Waals surface area contributed by atoms with Gasteiger partial charge in [0.05, 0.1) is 5.92 Å². The van der Waals surface area contributed by atoms with E-state index in [1.54, 1.807) is 0 Å². The van der Waals surface area contributed by atoms with Gasteiger partial charge >= 0.3 is 5.97 Å². The van der Waals surface area contributed by atoms with Gasteiger partial charge in [0, 0.05) is 18.3 Å². The lowest BCUT2D eigenvalue weighted by molar-refractivity contribution is -0.142. The summed E-state index contributed by atoms with van der Waals surface area (Å²) in [6.45, 7) is 2.18. The number of hydrogen-bond acceptors (Lipinski definition) is 3. The molecule has 0 unspecified atom stereocenters. The van der Waals surface area contributed by atoms with Crippen LogP contribution in [-0.4, -0.2) is 21.0 Å². The summed E-state index contributed by atoms with van der Waals surface area (Å²) in [7, 11) is 0. The number of carboxylic acids is 1. The fraction of sp³-hybridized carbons (Fsp3) is 0.667. The predicted molar refractivity (Wildman–Crippen MR) is 73.0 cm³/mol. The lowest BCUT2D eigenvalue weighted by atomic mass is 9.81. The summed E-state index contributed by atoms with van der Waals surface area (Å²) in [5.41, 5.74) is 1.20. The molecule has 0 amide bonds. The number of unbranched alkanes of at least 4 members (excludes halogenated alkanes) is 1. The Morgan fingerprint density at radius 2 is 1.89 bits per heavy atom. The molecule has 104 valence electrons. The molecule has 1 saturated carbocycles. The Kier molecular flexibility index (Phi) is 4.88. The molecule has 19 heavy (non-hydrogen) atoms. The van der Waals surface area contributed by atoms with Crippen molar-refractivity contribution < 1.29 is 9.90 Å². The van der Waals surface area contributed by atoms with Crippen LogP contribution in [0.4, 0.5) is 0 Å². The van der Waals surface area contributed by atoms with Crippen molar-refractivity contribution in [3.05, 3.63) is 23.8 Å². The van der Waals surface area contributed by atoms with Gasteiger partial charge in [-0.05, 0) is 44.1 Å². The smallest absolute Gasteiger partial charge is 0.306 e. The second-order valence-corrected chi connectivity index (χ2v) is 5.44. The number of rotatable bonds is 5. The molecule has 1 N–H and O–H groups in total. The van der Waals surface area contributed by atoms with E-state index in [-0.39, 0.29) is 5.92 Å². The van der Waals surface area contributed by atoms with Gasteiger partial charge in [0.1, 0.15) is 5.82 Å². The van der Waals surface area contributed by atoms with Crippen molar-refractivity contribution in [2.24, 2.45) is 5.92 Å². The van der Waals surface area contributed by atoms with Crippen molar-refractivity contribution in [2.45, 2.75) is 57.8 Å². The summed E-state index contributed by atoms with van der Waals surface area (Å²) >= 11 is 0. The van der Waals surface area contributed by atoms with Crippen LogP contribution in [0.15, 0.2) is 12.4 Å². The Bertz CT molecular complexity index is 409. The van der Waals surface area contributed by atoms with E-state index >= 15 is 0 Å². The first-order valence-corrected chi connectivity index (χ1v) is 7.24. The molecule has 0 radical (unpaired) electrons. The third-order valence-corrected chi connectivity index (χ3v) is 3.99. The largest absolute Gasteiger partial charge is 0.481 e. The predicted octanol–water partition coefficient (Wildman–Crippen LogP) is 3.18. The molecule has 1 aromatic rings. The Labute approximate surface area is 114 Å². The highest BCUT2D eigenvalue weighted by Gasteiger charge is 2.27. The van der Waals surface area contributed by atoms with Crippen LogP contribution >= 0.6 is 0 Å². The van der Waals surface area contributed by atoms with Crippen LogP contribution in [0.2, 0.25) is 0 Å². The third kappa shape index (κ3) is 3.75. The fourth-order valence-corrected chi connectivity index (χ4v) is 2.68. The lowest BCUT2D eigenvalue weighted by Crippen LogP contribution is -2.21. The quantitative estimate of drug-likeness (QED) is 0.885. The van der Waals surface area contributed by atoms with Crippen LogP contribution in [0.5, 0.6) is 0 Å². The monoisotopic (exact) mass is 262 g/mol. The maximum absolute atomic E-state index is 10.9. The molecule has 1 aliphatic rings. The lowest BCUT2D eigenvalue weighted by Gasteiger charge is -2.24. The normalized spacial score (nSPS) is 23.2. The SMILES string of the molecule is CCCCc1cnc(C2CCC(C(=O)O)CC2)nc1. The van der Waals surface area contributed by atoms with Gasteiger partial charge in [-0.1, -0.05) is 13.3 Å². The van der Waals surface area contributed by atoms with Crippen LogP contribution in [0.1, 0.15) is 62.8 Å². The molecular weight excluding hydrogens is 240 g/mol. The van der Waals surface area contributed by atoms with E-state index in [1.165, 1.54) is 18.4 Å². The van der Waals surface area contributed by atoms with Crippen molar-refractivity contribution in [2.75, 3.05) is 0 Å². The van der Waals surface area contributed by atoms with E-state index in [4.69, 9.17) is 5.11 Å². The summed E-state index contributed by atoms with van der Waals surface area (Å²) in [5, 5.41) is 8.98. The minimum Gasteiger partial charge on any atom is -0.481 e. The van der Waals surface area contributed by atoms with Gasteiger partial charge in [-0.25, -0.2) is 9.97 Å². The van der Waals surface area contributed by atoms with E-state index in [2.05, 4.69) is 16.9 Å². The molecule has 1 aliphatic carbocycles. The first kappa shape index (κ1) is 14.0. The van der Waals surface area contributed by atoms with Crippen molar-refractivity contribution in [1.82, 2.24) is 9.97 Å². The van der Waals surface area contributed by atoms with Gasteiger partial charge in [0.15, 0.2) is 0 Å². The van der Waals surface area contributed by atoms with Crippen LogP contribution in [0.3, 0.4) is 0 Å². The maximum Gasteiger partial charge on any atom is 0.306 e. The molecule has 0 saturated heterocycles. The number of carboxylic acid groups (broad SMARTS) is 1. The zero-order chi connectivity index (χ0) is 13.7. The number of aliphatic carboxylic acids is 1. The average molecular weight is 262 g/mol. The maximum atomic E-state index is 10.9. The summed E-state index contributed by atoms with van der Waals surface area (Å²) in [6, 6.07) is 0. The van der Waals surface area contributed by atoms with E-state index < -0.39 is 5.97 Å². The van der Waals surface area contributed by atoms with Gasteiger partial charge < -0.3 is 5.11 Å². The molecule has 4 heteroatoms. The van der Waals surface area contributed by atoms with E-state index in [0.717, 1.165) is 37.9 Å². The Balaban J connectivity index is 1.90. The van der Waals surface area contributed by atoms with Crippen LogP contribution in [0.25, 0.3) is 0 Å². The summed E-state index contributed by atoms with van der Waals surface area (Å²) in [5.74, 6) is 0.411. The molecule has 1 heterocycles. The molecule has 0 aliphatic heterocycles. The summed E-state index contributed by atoms with van der Waals surface area (Å²) in [6.07, 6.45) is 10.6. The van der Waals surface area contributed by atoms with Crippen LogP contribution in [-0.2, 0) is 11.2 Å². The minimum absolute atomic E-state index is 0.167. The number of hydrogen-bond donors (Lipinski definition) is 1. The van der Waals surface area contributed by atoms with E-state index in [0.29, 0.717) is 5.92 Å². The second kappa shape index (κ2) is 6.64. The second-order valence-electron chi connectivity index (χ2n) is 5.44. The zero-order valence-corrected chi connectivity index (χ0v) is 11.5. The van der Waals surface area contributed by atoms with Gasteiger partial charge in [-0.3, -0.25) is 4.79 Å². The summed E-state index contributed by atoms with van der Waals surface area (Å²) in [4.78, 5) is 19.8. The molecule has 4 nitrogen and oxygen atoms in total. The molecule has 0 spiro atoms. The Morgan fingerprint density at radius 3 is 2.42 bits per heavy atom. The van der Waals surface area contributed by atoms with Crippen molar-refractivity contribution in [3.63, 3.8) is 0 Å². The highest BCUT2D eigenvalue weighted by atomic mass is 16.4.